The second-order valence-corrected chi connectivity index (χ2v) is 4.64. The van der Waals surface area contributed by atoms with Crippen LogP contribution in [0.15, 0.2) is 15.9 Å². The van der Waals surface area contributed by atoms with Gasteiger partial charge in [-0.25, -0.2) is 0 Å². The van der Waals surface area contributed by atoms with Crippen LogP contribution in [-0.4, -0.2) is 12.7 Å². The van der Waals surface area contributed by atoms with Crippen LogP contribution in [0.25, 0.3) is 0 Å². The van der Waals surface area contributed by atoms with E-state index in [-0.39, 0.29) is 0 Å². The molecule has 0 saturated carbocycles. The average molecular weight is 233 g/mol. The molecule has 0 aromatic carbocycles. The highest BCUT2D eigenvalue weighted by molar-refractivity contribution is 9.10. The molecule has 0 aliphatic carbocycles. The highest BCUT2D eigenvalue weighted by atomic mass is 79.9. The molecule has 11 heavy (non-hydrogen) atoms. The Hall–Kier alpha value is 0.140. The van der Waals surface area contributed by atoms with E-state index in [1.54, 1.807) is 0 Å². The van der Waals surface area contributed by atoms with E-state index in [0.717, 1.165) is 6.61 Å². The minimum absolute atomic E-state index is 0.566. The van der Waals surface area contributed by atoms with Gasteiger partial charge >= 0.3 is 0 Å². The number of aryl methyl sites for hydroxylation is 1. The molecule has 1 aromatic heterocycles. The Labute approximate surface area is 78.5 Å². The predicted molar refractivity (Wildman–Crippen MR) is 50.1 cm³/mol. The maximum absolute atomic E-state index is 5.13. The molecule has 1 fully saturated rings. The zero-order valence-corrected chi connectivity index (χ0v) is 8.45. The van der Waals surface area contributed by atoms with Crippen molar-refractivity contribution in [2.75, 3.05) is 6.61 Å². The lowest BCUT2D eigenvalue weighted by molar-refractivity contribution is 0.397. The maximum atomic E-state index is 5.13. The topological polar surface area (TPSA) is 12.5 Å². The number of halogens is 1. The first-order chi connectivity index (χ1) is 5.34. The molecule has 2 heterocycles. The second kappa shape index (κ2) is 3.25. The summed E-state index contributed by atoms with van der Waals surface area (Å²) < 4.78 is 6.33. The Morgan fingerprint density at radius 3 is 3.09 bits per heavy atom. The lowest BCUT2D eigenvalue weighted by atomic mass is 10.2. The molecule has 1 aliphatic rings. The number of hydrogen-bond acceptors (Lipinski definition) is 2. The zero-order valence-electron chi connectivity index (χ0n) is 6.05. The third-order valence-corrected chi connectivity index (χ3v) is 3.49. The van der Waals surface area contributed by atoms with E-state index in [0.29, 0.717) is 6.10 Å². The predicted octanol–water partition coefficient (Wildman–Crippen LogP) is 2.84. The third-order valence-electron chi connectivity index (χ3n) is 1.74. The smallest absolute Gasteiger partial charge is 0.0813 e. The summed E-state index contributed by atoms with van der Waals surface area (Å²) in [4.78, 5) is 1.45. The highest BCUT2D eigenvalue weighted by Crippen LogP contribution is 2.23. The monoisotopic (exact) mass is 232 g/mol. The first-order valence-corrected chi connectivity index (χ1v) is 5.36. The van der Waals surface area contributed by atoms with Gasteiger partial charge in [0.2, 0.25) is 0 Å². The van der Waals surface area contributed by atoms with Gasteiger partial charge in [0.15, 0.2) is 0 Å². The van der Waals surface area contributed by atoms with E-state index in [2.05, 4.69) is 27.4 Å². The van der Waals surface area contributed by atoms with Crippen LogP contribution in [0.3, 0.4) is 0 Å². The molecule has 0 spiro atoms. The van der Waals surface area contributed by atoms with E-state index >= 15 is 0 Å². The normalized spacial score (nSPS) is 22.1. The van der Waals surface area contributed by atoms with Crippen LogP contribution >= 0.6 is 27.3 Å². The molecule has 1 saturated heterocycles. The number of hydrogen-bond donors (Lipinski definition) is 0. The molecule has 1 atom stereocenters. The Morgan fingerprint density at radius 2 is 2.55 bits per heavy atom. The summed E-state index contributed by atoms with van der Waals surface area (Å²) in [5, 5.41) is 2.13. The SMILES string of the molecule is Brc1csc(CCC2CO2)c1. The van der Waals surface area contributed by atoms with Crippen molar-refractivity contribution in [1.29, 1.82) is 0 Å². The van der Waals surface area contributed by atoms with Crippen molar-refractivity contribution >= 4 is 27.3 Å². The summed E-state index contributed by atoms with van der Waals surface area (Å²) in [6, 6.07) is 2.19. The summed E-state index contributed by atoms with van der Waals surface area (Å²) in [6.45, 7) is 0.979. The van der Waals surface area contributed by atoms with Crippen molar-refractivity contribution in [1.82, 2.24) is 0 Å². The number of epoxide rings is 1. The van der Waals surface area contributed by atoms with E-state index in [9.17, 15) is 0 Å². The maximum Gasteiger partial charge on any atom is 0.0813 e. The van der Waals surface area contributed by atoms with Crippen molar-refractivity contribution < 1.29 is 4.74 Å². The molecule has 60 valence electrons. The highest BCUT2D eigenvalue weighted by Gasteiger charge is 2.21. The standard InChI is InChI=1S/C8H9BrOS/c9-6-3-8(11-5-6)2-1-7-4-10-7/h3,5,7H,1-2,4H2. The Kier molecular flexibility index (Phi) is 2.30. The Morgan fingerprint density at radius 1 is 1.73 bits per heavy atom. The van der Waals surface area contributed by atoms with Crippen LogP contribution in [0, 0.1) is 0 Å². The average Bonchev–Trinajstić information content (AvgIpc) is 2.72. The summed E-state index contributed by atoms with van der Waals surface area (Å²) in [5.74, 6) is 0. The number of rotatable bonds is 3. The largest absolute Gasteiger partial charge is 0.373 e. The zero-order chi connectivity index (χ0) is 7.68. The number of thiophene rings is 1. The minimum atomic E-state index is 0.566. The summed E-state index contributed by atoms with van der Waals surface area (Å²) >= 11 is 5.25. The van der Waals surface area contributed by atoms with Crippen molar-refractivity contribution in [3.05, 3.63) is 20.8 Å². The lowest BCUT2D eigenvalue weighted by Crippen LogP contribution is -1.87. The van der Waals surface area contributed by atoms with Crippen molar-refractivity contribution in [2.45, 2.75) is 18.9 Å². The van der Waals surface area contributed by atoms with Gasteiger partial charge in [-0.15, -0.1) is 11.3 Å². The van der Waals surface area contributed by atoms with E-state index in [1.807, 2.05) is 11.3 Å². The van der Waals surface area contributed by atoms with Crippen LogP contribution in [-0.2, 0) is 11.2 Å². The van der Waals surface area contributed by atoms with Gasteiger partial charge < -0.3 is 4.74 Å². The molecule has 0 radical (unpaired) electrons. The van der Waals surface area contributed by atoms with Gasteiger partial charge in [0.05, 0.1) is 12.7 Å². The van der Waals surface area contributed by atoms with Crippen LogP contribution in [0.2, 0.25) is 0 Å². The molecule has 1 unspecified atom stereocenters. The molecule has 1 aromatic rings. The molecule has 1 aliphatic heterocycles. The minimum Gasteiger partial charge on any atom is -0.373 e. The van der Waals surface area contributed by atoms with Crippen molar-refractivity contribution in [2.24, 2.45) is 0 Å². The van der Waals surface area contributed by atoms with Crippen LogP contribution in [0.4, 0.5) is 0 Å². The van der Waals surface area contributed by atoms with Crippen LogP contribution < -0.4 is 0 Å². The first-order valence-electron chi connectivity index (χ1n) is 3.69. The second-order valence-electron chi connectivity index (χ2n) is 2.73. The van der Waals surface area contributed by atoms with E-state index in [4.69, 9.17) is 4.74 Å². The molecule has 3 heteroatoms. The fraction of sp³-hybridized carbons (Fsp3) is 0.500. The molecule has 0 amide bonds. The third kappa shape index (κ3) is 2.29. The summed E-state index contributed by atoms with van der Waals surface area (Å²) in [6.07, 6.45) is 2.92. The lowest BCUT2D eigenvalue weighted by Gasteiger charge is -1.90. The van der Waals surface area contributed by atoms with Gasteiger partial charge in [-0.05, 0) is 34.8 Å². The molecule has 0 bridgehead atoms. The van der Waals surface area contributed by atoms with E-state index < -0.39 is 0 Å². The van der Waals surface area contributed by atoms with Crippen LogP contribution in [0.5, 0.6) is 0 Å². The quantitative estimate of drug-likeness (QED) is 0.731. The number of ether oxygens (including phenoxy) is 1. The van der Waals surface area contributed by atoms with E-state index in [1.165, 1.54) is 22.2 Å². The molecular formula is C8H9BrOS. The fourth-order valence-electron chi connectivity index (χ4n) is 1.02. The Balaban J connectivity index is 1.85. The summed E-state index contributed by atoms with van der Waals surface area (Å²) in [5.41, 5.74) is 0. The van der Waals surface area contributed by atoms with Gasteiger partial charge in [-0.3, -0.25) is 0 Å². The van der Waals surface area contributed by atoms with Gasteiger partial charge in [-0.2, -0.15) is 0 Å². The molecule has 1 nitrogen and oxygen atoms in total. The summed E-state index contributed by atoms with van der Waals surface area (Å²) in [7, 11) is 0. The van der Waals surface area contributed by atoms with Gasteiger partial charge in [0, 0.05) is 14.7 Å². The first kappa shape index (κ1) is 7.77. The van der Waals surface area contributed by atoms with Crippen molar-refractivity contribution in [3.63, 3.8) is 0 Å². The molecule has 2 rings (SSSR count). The van der Waals surface area contributed by atoms with Crippen LogP contribution in [0.1, 0.15) is 11.3 Å². The van der Waals surface area contributed by atoms with Gasteiger partial charge in [-0.1, -0.05) is 0 Å². The Bertz CT molecular complexity index is 242. The van der Waals surface area contributed by atoms with Gasteiger partial charge in [0.1, 0.15) is 0 Å². The van der Waals surface area contributed by atoms with Crippen molar-refractivity contribution in [3.8, 4) is 0 Å². The fourth-order valence-corrected chi connectivity index (χ4v) is 2.49. The molecular weight excluding hydrogens is 224 g/mol. The van der Waals surface area contributed by atoms with Gasteiger partial charge in [0.25, 0.3) is 0 Å². The molecule has 0 N–H and O–H groups in total.